The van der Waals surface area contributed by atoms with Crippen molar-refractivity contribution in [2.24, 2.45) is 5.73 Å². The molecule has 1 heterocycles. The van der Waals surface area contributed by atoms with Crippen LogP contribution in [0.25, 0.3) is 11.0 Å². The first-order valence-electron chi connectivity index (χ1n) is 9.96. The maximum atomic E-state index is 14.6. The topological polar surface area (TPSA) is 87.3 Å². The van der Waals surface area contributed by atoms with E-state index in [1.165, 1.54) is 36.5 Å². The summed E-state index contributed by atoms with van der Waals surface area (Å²) < 4.78 is 39.0. The number of halogens is 3. The van der Waals surface area contributed by atoms with Gasteiger partial charge in [0.2, 0.25) is 5.88 Å². The number of hydrogen-bond donors (Lipinski definition) is 1. The lowest BCUT2D eigenvalue weighted by Gasteiger charge is -2.12. The van der Waals surface area contributed by atoms with E-state index in [0.29, 0.717) is 23.1 Å². The van der Waals surface area contributed by atoms with E-state index in [1.54, 1.807) is 18.2 Å². The number of benzene rings is 3. The zero-order valence-corrected chi connectivity index (χ0v) is 18.0. The van der Waals surface area contributed by atoms with Gasteiger partial charge in [0, 0.05) is 12.1 Å². The largest absolute Gasteiger partial charge is 0.487 e. The third-order valence-corrected chi connectivity index (χ3v) is 5.09. The molecule has 6 nitrogen and oxygen atoms in total. The van der Waals surface area contributed by atoms with Gasteiger partial charge in [-0.05, 0) is 48.0 Å². The lowest BCUT2D eigenvalue weighted by atomic mass is 10.0. The minimum Gasteiger partial charge on any atom is -0.487 e. The van der Waals surface area contributed by atoms with E-state index in [0.717, 1.165) is 6.07 Å². The summed E-state index contributed by atoms with van der Waals surface area (Å²) in [5.74, 6) is -1.49. The second-order valence-electron chi connectivity index (χ2n) is 7.03. The van der Waals surface area contributed by atoms with Crippen molar-refractivity contribution < 1.29 is 23.0 Å². The lowest BCUT2D eigenvalue weighted by Crippen LogP contribution is -2.11. The van der Waals surface area contributed by atoms with Crippen LogP contribution in [0.15, 0.2) is 60.8 Å². The van der Waals surface area contributed by atoms with Crippen LogP contribution >= 0.6 is 11.6 Å². The van der Waals surface area contributed by atoms with Gasteiger partial charge in [0.15, 0.2) is 5.78 Å². The lowest BCUT2D eigenvalue weighted by molar-refractivity contribution is 0.103. The highest BCUT2D eigenvalue weighted by Gasteiger charge is 2.22. The Balaban J connectivity index is 1.63. The molecule has 4 rings (SSSR count). The summed E-state index contributed by atoms with van der Waals surface area (Å²) in [6.45, 7) is 0.573. The molecular weight excluding hydrogens is 452 g/mol. The molecule has 0 aliphatic carbocycles. The molecule has 0 spiro atoms. The van der Waals surface area contributed by atoms with E-state index in [1.807, 2.05) is 0 Å². The number of fused-ring (bicyclic) bond motifs is 1. The van der Waals surface area contributed by atoms with Crippen molar-refractivity contribution in [1.29, 1.82) is 0 Å². The van der Waals surface area contributed by atoms with Crippen LogP contribution in [0.3, 0.4) is 0 Å². The minimum absolute atomic E-state index is 0.00607. The smallest absolute Gasteiger partial charge is 0.232 e. The molecule has 1 aromatic heterocycles. The van der Waals surface area contributed by atoms with Crippen LogP contribution in [-0.2, 0) is 6.61 Å². The molecule has 168 valence electrons. The van der Waals surface area contributed by atoms with Gasteiger partial charge in [-0.3, -0.25) is 4.79 Å². The van der Waals surface area contributed by atoms with Crippen LogP contribution < -0.4 is 15.2 Å². The van der Waals surface area contributed by atoms with Crippen molar-refractivity contribution in [2.45, 2.75) is 6.61 Å². The third-order valence-electron chi connectivity index (χ3n) is 4.72. The van der Waals surface area contributed by atoms with E-state index < -0.39 is 17.4 Å². The predicted octanol–water partition coefficient (Wildman–Crippen LogP) is 4.71. The Bertz CT molecular complexity index is 1330. The van der Waals surface area contributed by atoms with Crippen LogP contribution in [0.5, 0.6) is 11.6 Å². The van der Waals surface area contributed by atoms with Crippen LogP contribution in [-0.4, -0.2) is 28.9 Å². The number of carbonyl (C=O) groups is 1. The fourth-order valence-electron chi connectivity index (χ4n) is 3.15. The van der Waals surface area contributed by atoms with Crippen molar-refractivity contribution in [2.75, 3.05) is 13.2 Å². The fourth-order valence-corrected chi connectivity index (χ4v) is 3.45. The Morgan fingerprint density at radius 1 is 1.03 bits per heavy atom. The van der Waals surface area contributed by atoms with Gasteiger partial charge in [-0.1, -0.05) is 23.7 Å². The molecule has 0 unspecified atom stereocenters. The number of aromatic nitrogens is 2. The van der Waals surface area contributed by atoms with Crippen LogP contribution in [0, 0.1) is 11.6 Å². The zero-order valence-electron chi connectivity index (χ0n) is 17.2. The normalized spacial score (nSPS) is 10.9. The molecule has 0 radical (unpaired) electrons. The van der Waals surface area contributed by atoms with Gasteiger partial charge in [0.1, 0.15) is 30.6 Å². The summed E-state index contributed by atoms with van der Waals surface area (Å²) in [4.78, 5) is 21.7. The quantitative estimate of drug-likeness (QED) is 0.376. The average Bonchev–Trinajstić information content (AvgIpc) is 2.81. The molecule has 0 atom stereocenters. The van der Waals surface area contributed by atoms with Crippen molar-refractivity contribution >= 4 is 28.4 Å². The number of ketones is 1. The summed E-state index contributed by atoms with van der Waals surface area (Å²) >= 11 is 6.34. The molecule has 9 heteroatoms. The highest BCUT2D eigenvalue weighted by atomic mass is 35.5. The number of carbonyl (C=O) groups excluding carboxylic acids is 1. The summed E-state index contributed by atoms with van der Waals surface area (Å²) in [5, 5.41) is -0.178. The van der Waals surface area contributed by atoms with E-state index in [2.05, 4.69) is 9.97 Å². The Labute approximate surface area is 192 Å². The molecule has 0 fully saturated rings. The average molecular weight is 470 g/mol. The van der Waals surface area contributed by atoms with Gasteiger partial charge >= 0.3 is 0 Å². The number of nitrogens with zero attached hydrogens (tertiary/aromatic N) is 2. The molecule has 0 saturated heterocycles. The molecule has 33 heavy (non-hydrogen) atoms. The van der Waals surface area contributed by atoms with E-state index in [4.69, 9.17) is 26.8 Å². The van der Waals surface area contributed by atoms with Gasteiger partial charge in [-0.2, -0.15) is 0 Å². The first-order valence-corrected chi connectivity index (χ1v) is 10.3. The van der Waals surface area contributed by atoms with Crippen LogP contribution in [0.2, 0.25) is 5.02 Å². The minimum atomic E-state index is -0.797. The first kappa shape index (κ1) is 22.6. The van der Waals surface area contributed by atoms with E-state index in [9.17, 15) is 13.6 Å². The second kappa shape index (κ2) is 9.89. The molecule has 3 aromatic carbocycles. The van der Waals surface area contributed by atoms with E-state index >= 15 is 0 Å². The molecule has 2 N–H and O–H groups in total. The van der Waals surface area contributed by atoms with Crippen molar-refractivity contribution in [1.82, 2.24) is 9.97 Å². The summed E-state index contributed by atoms with van der Waals surface area (Å²) in [5.41, 5.74) is 6.74. The standard InChI is InChI=1S/C24H18ClF2N3O3/c25-23-20(33-13-14-2-1-3-16(26)10-14)7-5-17(27)22(23)24(31)15-4-6-18-19(11-15)30-21(12-29-18)32-9-8-28/h1-7,10-12H,8-9,13,28H2. The second-order valence-corrected chi connectivity index (χ2v) is 7.41. The molecule has 4 aromatic rings. The fraction of sp³-hybridized carbons (Fsp3) is 0.125. The number of ether oxygens (including phenoxy) is 2. The highest BCUT2D eigenvalue weighted by molar-refractivity contribution is 6.36. The highest BCUT2D eigenvalue weighted by Crippen LogP contribution is 2.33. The van der Waals surface area contributed by atoms with Gasteiger partial charge in [0.05, 0.1) is 27.8 Å². The molecule has 0 bridgehead atoms. The number of rotatable bonds is 8. The van der Waals surface area contributed by atoms with Crippen LogP contribution in [0.4, 0.5) is 8.78 Å². The van der Waals surface area contributed by atoms with Crippen LogP contribution in [0.1, 0.15) is 21.5 Å². The molecule has 0 aliphatic heterocycles. The van der Waals surface area contributed by atoms with Gasteiger partial charge < -0.3 is 15.2 Å². The van der Waals surface area contributed by atoms with E-state index in [-0.39, 0.29) is 41.0 Å². The number of nitrogens with two attached hydrogens (primary N) is 1. The maximum absolute atomic E-state index is 14.6. The van der Waals surface area contributed by atoms with Gasteiger partial charge in [-0.15, -0.1) is 0 Å². The van der Waals surface area contributed by atoms with Gasteiger partial charge in [-0.25, -0.2) is 18.7 Å². The Kier molecular flexibility index (Phi) is 6.76. The molecular formula is C24H18ClF2N3O3. The van der Waals surface area contributed by atoms with Crippen molar-refractivity contribution in [3.05, 3.63) is 94.1 Å². The molecule has 0 aliphatic rings. The summed E-state index contributed by atoms with van der Waals surface area (Å²) in [6.07, 6.45) is 1.45. The maximum Gasteiger partial charge on any atom is 0.232 e. The van der Waals surface area contributed by atoms with Gasteiger partial charge in [0.25, 0.3) is 0 Å². The monoisotopic (exact) mass is 469 g/mol. The Morgan fingerprint density at radius 2 is 1.88 bits per heavy atom. The first-order chi connectivity index (χ1) is 16.0. The molecule has 0 amide bonds. The third kappa shape index (κ3) is 5.08. The summed E-state index contributed by atoms with van der Waals surface area (Å²) in [6, 6.07) is 12.8. The van der Waals surface area contributed by atoms with Crippen molar-refractivity contribution in [3.8, 4) is 11.6 Å². The Morgan fingerprint density at radius 3 is 2.67 bits per heavy atom. The molecule has 0 saturated carbocycles. The Hall–Kier alpha value is -3.62. The predicted molar refractivity (Wildman–Crippen MR) is 120 cm³/mol. The SMILES string of the molecule is NCCOc1cnc2ccc(C(=O)c3c(F)ccc(OCc4cccc(F)c4)c3Cl)cc2n1. The van der Waals surface area contributed by atoms with Crippen molar-refractivity contribution in [3.63, 3.8) is 0 Å². The number of hydrogen-bond acceptors (Lipinski definition) is 6. The zero-order chi connectivity index (χ0) is 23.4. The summed E-state index contributed by atoms with van der Waals surface area (Å²) in [7, 11) is 0.